The molecule has 13 heavy (non-hydrogen) atoms. The molecule has 0 bridgehead atoms. The van der Waals surface area contributed by atoms with Crippen molar-refractivity contribution in [1.29, 1.82) is 0 Å². The van der Waals surface area contributed by atoms with Crippen molar-refractivity contribution in [3.63, 3.8) is 0 Å². The van der Waals surface area contributed by atoms with Crippen LogP contribution in [0.15, 0.2) is 5.11 Å². The summed E-state index contributed by atoms with van der Waals surface area (Å²) in [5.74, 6) is 0. The van der Waals surface area contributed by atoms with Crippen molar-refractivity contribution in [1.82, 2.24) is 4.90 Å². The monoisotopic (exact) mass is 182 g/mol. The third kappa shape index (κ3) is 1.50. The molecule has 0 aliphatic carbocycles. The Morgan fingerprint density at radius 1 is 1.62 bits per heavy atom. The predicted molar refractivity (Wildman–Crippen MR) is 48.1 cm³/mol. The largest absolute Gasteiger partial charge is 0.363 e. The number of hydrogen-bond acceptors (Lipinski definition) is 3. The summed E-state index contributed by atoms with van der Waals surface area (Å²) in [6, 6.07) is 0.600. The van der Waals surface area contributed by atoms with Crippen molar-refractivity contribution in [2.45, 2.75) is 38.1 Å². The van der Waals surface area contributed by atoms with Gasteiger partial charge in [-0.1, -0.05) is 12.0 Å². The summed E-state index contributed by atoms with van der Waals surface area (Å²) in [5, 5.41) is 3.68. The Morgan fingerprint density at radius 3 is 3.08 bits per heavy atom. The van der Waals surface area contributed by atoms with Crippen LogP contribution >= 0.6 is 0 Å². The molecular weight excluding hydrogens is 168 g/mol. The summed E-state index contributed by atoms with van der Waals surface area (Å²) in [6.07, 6.45) is 2.41. The minimum Gasteiger partial charge on any atom is -0.363 e. The molecule has 0 aromatic carbocycles. The lowest BCUT2D eigenvalue weighted by molar-refractivity contribution is -0.167. The quantitative estimate of drug-likeness (QED) is 0.369. The van der Waals surface area contributed by atoms with Crippen LogP contribution < -0.4 is 0 Å². The average molecular weight is 182 g/mol. The summed E-state index contributed by atoms with van der Waals surface area (Å²) in [4.78, 5) is 5.11. The molecule has 0 aromatic rings. The first-order valence-electron chi connectivity index (χ1n) is 4.74. The number of rotatable bonds is 2. The minimum absolute atomic E-state index is 0.0170. The normalized spacial score (nSPS) is 35.5. The highest BCUT2D eigenvalue weighted by Gasteiger charge is 2.39. The van der Waals surface area contributed by atoms with E-state index in [4.69, 9.17) is 10.3 Å². The van der Waals surface area contributed by atoms with Crippen LogP contribution in [0, 0.1) is 0 Å². The number of nitrogens with zero attached hydrogens (tertiary/aromatic N) is 4. The molecule has 2 fully saturated rings. The first kappa shape index (κ1) is 8.81. The SMILES string of the molecule is CC(N=[N+]=[N-])C1OCCC2CCN21. The molecule has 2 heterocycles. The topological polar surface area (TPSA) is 61.2 Å². The Balaban J connectivity index is 2.00. The molecular formula is C8H14N4O. The molecule has 2 aliphatic heterocycles. The minimum atomic E-state index is -0.0758. The molecule has 2 aliphatic rings. The van der Waals surface area contributed by atoms with Crippen LogP contribution in [0.1, 0.15) is 19.8 Å². The van der Waals surface area contributed by atoms with Gasteiger partial charge in [0.1, 0.15) is 6.23 Å². The van der Waals surface area contributed by atoms with Crippen molar-refractivity contribution in [2.75, 3.05) is 13.2 Å². The maximum atomic E-state index is 8.32. The standard InChI is InChI=1S/C8H14N4O/c1-6(10-11-9)8-12-4-2-7(12)3-5-13-8/h6-8H,2-5H2,1H3. The molecule has 0 aromatic heterocycles. The Bertz CT molecular complexity index is 238. The van der Waals surface area contributed by atoms with Crippen LogP contribution in [-0.2, 0) is 4.74 Å². The Hall–Kier alpha value is -0.770. The Kier molecular flexibility index (Phi) is 2.40. The zero-order valence-electron chi connectivity index (χ0n) is 7.76. The first-order chi connectivity index (χ1) is 6.33. The molecule has 0 amide bonds. The summed E-state index contributed by atoms with van der Waals surface area (Å²) in [5.41, 5.74) is 8.32. The van der Waals surface area contributed by atoms with E-state index in [9.17, 15) is 0 Å². The second kappa shape index (κ2) is 3.54. The van der Waals surface area contributed by atoms with Gasteiger partial charge in [0.2, 0.25) is 0 Å². The maximum absolute atomic E-state index is 8.32. The lowest BCUT2D eigenvalue weighted by atomic mass is 9.96. The van der Waals surface area contributed by atoms with Crippen molar-refractivity contribution in [3.05, 3.63) is 10.4 Å². The lowest BCUT2D eigenvalue weighted by Gasteiger charge is -2.50. The van der Waals surface area contributed by atoms with E-state index >= 15 is 0 Å². The van der Waals surface area contributed by atoms with Gasteiger partial charge in [0.15, 0.2) is 0 Å². The van der Waals surface area contributed by atoms with E-state index in [2.05, 4.69) is 14.9 Å². The highest BCUT2D eigenvalue weighted by molar-refractivity contribution is 4.91. The summed E-state index contributed by atoms with van der Waals surface area (Å²) in [7, 11) is 0. The summed E-state index contributed by atoms with van der Waals surface area (Å²) < 4.78 is 5.59. The van der Waals surface area contributed by atoms with E-state index in [0.29, 0.717) is 6.04 Å². The van der Waals surface area contributed by atoms with Crippen molar-refractivity contribution < 1.29 is 4.74 Å². The number of azide groups is 1. The Labute approximate surface area is 77.3 Å². The van der Waals surface area contributed by atoms with Gasteiger partial charge in [-0.2, -0.15) is 0 Å². The van der Waals surface area contributed by atoms with Crippen LogP contribution in [0.2, 0.25) is 0 Å². The molecule has 72 valence electrons. The van der Waals surface area contributed by atoms with E-state index in [-0.39, 0.29) is 12.3 Å². The fourth-order valence-corrected chi connectivity index (χ4v) is 2.08. The number of hydrogen-bond donors (Lipinski definition) is 0. The fraction of sp³-hybridized carbons (Fsp3) is 1.00. The fourth-order valence-electron chi connectivity index (χ4n) is 2.08. The van der Waals surface area contributed by atoms with Crippen LogP contribution in [0.5, 0.6) is 0 Å². The molecule has 2 rings (SSSR count). The van der Waals surface area contributed by atoms with Gasteiger partial charge in [0.25, 0.3) is 0 Å². The third-order valence-corrected chi connectivity index (χ3v) is 2.90. The number of fused-ring (bicyclic) bond motifs is 1. The van der Waals surface area contributed by atoms with E-state index in [1.165, 1.54) is 6.42 Å². The third-order valence-electron chi connectivity index (χ3n) is 2.90. The second-order valence-corrected chi connectivity index (χ2v) is 3.68. The summed E-state index contributed by atoms with van der Waals surface area (Å²) in [6.45, 7) is 3.79. The zero-order valence-corrected chi connectivity index (χ0v) is 7.76. The van der Waals surface area contributed by atoms with Gasteiger partial charge >= 0.3 is 0 Å². The lowest BCUT2D eigenvalue weighted by Crippen LogP contribution is -2.60. The molecule has 0 saturated carbocycles. The van der Waals surface area contributed by atoms with E-state index in [1.54, 1.807) is 0 Å². The van der Waals surface area contributed by atoms with E-state index in [1.807, 2.05) is 6.92 Å². The van der Waals surface area contributed by atoms with Gasteiger partial charge in [-0.05, 0) is 18.4 Å². The van der Waals surface area contributed by atoms with Crippen LogP contribution in [0.25, 0.3) is 10.4 Å². The molecule has 5 nitrogen and oxygen atoms in total. The Morgan fingerprint density at radius 2 is 2.46 bits per heavy atom. The van der Waals surface area contributed by atoms with Crippen molar-refractivity contribution >= 4 is 0 Å². The van der Waals surface area contributed by atoms with E-state index < -0.39 is 0 Å². The van der Waals surface area contributed by atoms with Crippen LogP contribution in [0.3, 0.4) is 0 Å². The molecule has 2 saturated heterocycles. The smallest absolute Gasteiger partial charge is 0.119 e. The zero-order chi connectivity index (χ0) is 9.26. The van der Waals surface area contributed by atoms with Gasteiger partial charge in [0.05, 0.1) is 12.6 Å². The van der Waals surface area contributed by atoms with E-state index in [0.717, 1.165) is 19.6 Å². The van der Waals surface area contributed by atoms with Crippen LogP contribution in [-0.4, -0.2) is 36.4 Å². The summed E-state index contributed by atoms with van der Waals surface area (Å²) >= 11 is 0. The van der Waals surface area contributed by atoms with Crippen molar-refractivity contribution in [2.24, 2.45) is 5.11 Å². The van der Waals surface area contributed by atoms with Gasteiger partial charge in [-0.25, -0.2) is 0 Å². The second-order valence-electron chi connectivity index (χ2n) is 3.68. The molecule has 0 radical (unpaired) electrons. The highest BCUT2D eigenvalue weighted by Crippen LogP contribution is 2.30. The number of ether oxygens (including phenoxy) is 1. The first-order valence-corrected chi connectivity index (χ1v) is 4.74. The van der Waals surface area contributed by atoms with Crippen molar-refractivity contribution in [3.8, 4) is 0 Å². The highest BCUT2D eigenvalue weighted by atomic mass is 16.5. The van der Waals surface area contributed by atoms with Gasteiger partial charge in [-0.15, -0.1) is 0 Å². The molecule has 3 unspecified atom stereocenters. The molecule has 3 atom stereocenters. The molecule has 5 heteroatoms. The maximum Gasteiger partial charge on any atom is 0.119 e. The van der Waals surface area contributed by atoms with Crippen LogP contribution in [0.4, 0.5) is 0 Å². The predicted octanol–water partition coefficient (Wildman–Crippen LogP) is 1.51. The van der Waals surface area contributed by atoms with Gasteiger partial charge in [0, 0.05) is 17.5 Å². The molecule has 0 N–H and O–H groups in total. The van der Waals surface area contributed by atoms with Gasteiger partial charge in [-0.3, -0.25) is 4.90 Å². The average Bonchev–Trinajstić information content (AvgIpc) is 2.07. The molecule has 0 spiro atoms. The van der Waals surface area contributed by atoms with Gasteiger partial charge < -0.3 is 4.74 Å².